The van der Waals surface area contributed by atoms with Gasteiger partial charge in [0.1, 0.15) is 0 Å². The molecule has 5 rings (SSSR count). The van der Waals surface area contributed by atoms with Crippen LogP contribution in [0, 0.1) is 5.41 Å². The number of nitrogens with one attached hydrogen (secondary N) is 2. The molecule has 184 valence electrons. The van der Waals surface area contributed by atoms with E-state index in [0.29, 0.717) is 34.7 Å². The Morgan fingerprint density at radius 3 is 1.83 bits per heavy atom. The SMILES string of the molecule is CC(C)Oc1nn2ccccc2c1/N=C1\N/C(=N\c2c(OC(C)C)nn3ccccc23)C(N)=CC1=N. The topological polar surface area (TPSA) is 140 Å². The molecule has 0 aliphatic carbocycles. The summed E-state index contributed by atoms with van der Waals surface area (Å²) in [5.74, 6) is 1.35. The van der Waals surface area contributed by atoms with Crippen LogP contribution in [0.1, 0.15) is 27.7 Å². The molecule has 11 nitrogen and oxygen atoms in total. The molecule has 11 heteroatoms. The maximum absolute atomic E-state index is 8.49. The Bertz CT molecular complexity index is 1560. The molecule has 0 amide bonds. The lowest BCUT2D eigenvalue weighted by molar-refractivity contribution is 0.232. The predicted molar refractivity (Wildman–Crippen MR) is 139 cm³/mol. The molecule has 4 aromatic heterocycles. The summed E-state index contributed by atoms with van der Waals surface area (Å²) in [6, 6.07) is 11.3. The number of ether oxygens (including phenoxy) is 2. The van der Waals surface area contributed by atoms with Crippen molar-refractivity contribution in [2.75, 3.05) is 0 Å². The summed E-state index contributed by atoms with van der Waals surface area (Å²) in [7, 11) is 0. The van der Waals surface area contributed by atoms with Crippen LogP contribution in [0.5, 0.6) is 11.8 Å². The van der Waals surface area contributed by atoms with E-state index in [1.807, 2.05) is 76.5 Å². The van der Waals surface area contributed by atoms with E-state index in [1.165, 1.54) is 6.08 Å². The highest BCUT2D eigenvalue weighted by atomic mass is 16.5. The molecule has 0 aromatic carbocycles. The van der Waals surface area contributed by atoms with E-state index in [9.17, 15) is 0 Å². The molecular formula is C25H27N9O2. The van der Waals surface area contributed by atoms with Gasteiger partial charge in [0.15, 0.2) is 23.0 Å². The van der Waals surface area contributed by atoms with Crippen LogP contribution in [-0.2, 0) is 0 Å². The third-order valence-electron chi connectivity index (χ3n) is 5.17. The molecule has 0 unspecified atom stereocenters. The first-order chi connectivity index (χ1) is 17.3. The van der Waals surface area contributed by atoms with E-state index in [0.717, 1.165) is 11.0 Å². The van der Waals surface area contributed by atoms with Crippen molar-refractivity contribution in [2.24, 2.45) is 15.7 Å². The van der Waals surface area contributed by atoms with Gasteiger partial charge in [0.05, 0.1) is 34.7 Å². The minimum Gasteiger partial charge on any atom is -0.472 e. The lowest BCUT2D eigenvalue weighted by Gasteiger charge is -2.18. The molecular weight excluding hydrogens is 458 g/mol. The van der Waals surface area contributed by atoms with Crippen LogP contribution in [0.3, 0.4) is 0 Å². The second kappa shape index (κ2) is 9.17. The van der Waals surface area contributed by atoms with Crippen molar-refractivity contribution in [3.63, 3.8) is 0 Å². The van der Waals surface area contributed by atoms with Crippen molar-refractivity contribution >= 4 is 39.8 Å². The Morgan fingerprint density at radius 1 is 0.833 bits per heavy atom. The second-order valence-electron chi connectivity index (χ2n) is 8.76. The van der Waals surface area contributed by atoms with Crippen molar-refractivity contribution in [2.45, 2.75) is 39.9 Å². The van der Waals surface area contributed by atoms with E-state index in [1.54, 1.807) is 9.03 Å². The van der Waals surface area contributed by atoms with Gasteiger partial charge in [-0.25, -0.2) is 19.0 Å². The first-order valence-corrected chi connectivity index (χ1v) is 11.6. The van der Waals surface area contributed by atoms with Gasteiger partial charge in [-0.2, -0.15) is 0 Å². The number of nitrogens with zero attached hydrogens (tertiary/aromatic N) is 6. The van der Waals surface area contributed by atoms with Gasteiger partial charge < -0.3 is 20.5 Å². The molecule has 36 heavy (non-hydrogen) atoms. The summed E-state index contributed by atoms with van der Waals surface area (Å²) >= 11 is 0. The quantitative estimate of drug-likeness (QED) is 0.380. The molecule has 0 atom stereocenters. The van der Waals surface area contributed by atoms with Gasteiger partial charge in [-0.05, 0) is 58.0 Å². The number of hydrogen-bond acceptors (Lipinski definition) is 8. The van der Waals surface area contributed by atoms with Gasteiger partial charge in [0, 0.05) is 12.4 Å². The highest BCUT2D eigenvalue weighted by Gasteiger charge is 2.23. The molecule has 0 saturated heterocycles. The van der Waals surface area contributed by atoms with Crippen molar-refractivity contribution in [3.8, 4) is 11.8 Å². The number of pyridine rings is 2. The van der Waals surface area contributed by atoms with Crippen molar-refractivity contribution < 1.29 is 9.47 Å². The van der Waals surface area contributed by atoms with Gasteiger partial charge in [-0.15, -0.1) is 10.2 Å². The van der Waals surface area contributed by atoms with Crippen LogP contribution < -0.4 is 20.5 Å². The van der Waals surface area contributed by atoms with Crippen LogP contribution in [0.2, 0.25) is 0 Å². The highest BCUT2D eigenvalue weighted by molar-refractivity contribution is 6.50. The lowest BCUT2D eigenvalue weighted by Crippen LogP contribution is -2.42. The maximum atomic E-state index is 8.49. The zero-order valence-corrected chi connectivity index (χ0v) is 20.4. The third kappa shape index (κ3) is 4.38. The Kier molecular flexibility index (Phi) is 5.88. The minimum atomic E-state index is -0.102. The lowest BCUT2D eigenvalue weighted by atomic mass is 10.2. The zero-order valence-electron chi connectivity index (χ0n) is 20.4. The molecule has 1 aliphatic heterocycles. The van der Waals surface area contributed by atoms with Crippen molar-refractivity contribution in [1.29, 1.82) is 5.41 Å². The van der Waals surface area contributed by atoms with Crippen LogP contribution in [0.25, 0.3) is 11.0 Å². The van der Waals surface area contributed by atoms with E-state index >= 15 is 0 Å². The minimum absolute atomic E-state index is 0.0960. The molecule has 4 aromatic rings. The van der Waals surface area contributed by atoms with E-state index in [-0.39, 0.29) is 23.8 Å². The van der Waals surface area contributed by atoms with Crippen molar-refractivity contribution in [1.82, 2.24) is 24.5 Å². The maximum Gasteiger partial charge on any atom is 0.260 e. The van der Waals surface area contributed by atoms with Crippen LogP contribution in [0.4, 0.5) is 11.4 Å². The van der Waals surface area contributed by atoms with Gasteiger partial charge in [-0.1, -0.05) is 12.1 Å². The summed E-state index contributed by atoms with van der Waals surface area (Å²) in [6.07, 6.45) is 4.95. The average Bonchev–Trinajstić information content (AvgIpc) is 3.33. The normalized spacial score (nSPS) is 16.4. The third-order valence-corrected chi connectivity index (χ3v) is 5.17. The Hall–Kier alpha value is -4.67. The fraction of sp³-hybridized carbons (Fsp3) is 0.240. The summed E-state index contributed by atoms with van der Waals surface area (Å²) in [5.41, 5.74) is 9.19. The van der Waals surface area contributed by atoms with Crippen molar-refractivity contribution in [3.05, 3.63) is 60.6 Å². The first-order valence-electron chi connectivity index (χ1n) is 11.6. The largest absolute Gasteiger partial charge is 0.472 e. The van der Waals surface area contributed by atoms with Gasteiger partial charge >= 0.3 is 0 Å². The molecule has 0 fully saturated rings. The molecule has 1 aliphatic rings. The Balaban J connectivity index is 1.61. The van der Waals surface area contributed by atoms with Crippen LogP contribution in [0.15, 0.2) is 70.5 Å². The zero-order chi connectivity index (χ0) is 25.4. The van der Waals surface area contributed by atoms with Gasteiger partial charge in [0.25, 0.3) is 11.8 Å². The highest BCUT2D eigenvalue weighted by Crippen LogP contribution is 2.34. The van der Waals surface area contributed by atoms with Gasteiger partial charge in [-0.3, -0.25) is 5.41 Å². The molecule has 0 bridgehead atoms. The summed E-state index contributed by atoms with van der Waals surface area (Å²) < 4.78 is 15.2. The number of rotatable bonds is 6. The molecule has 0 spiro atoms. The Labute approximate surface area is 207 Å². The standard InChI is InChI=1S/C25H27N9O2/c1-14(2)35-24-20(18-9-5-7-11-33(18)31-24)28-22-16(26)13-17(27)23(30-22)29-21-19-10-6-8-12-34(19)32-25(21)36-15(3)4/h5-15,26H,27H2,1-4H3,(H,28,29,30). The predicted octanol–water partition coefficient (Wildman–Crippen LogP) is 3.78. The summed E-state index contributed by atoms with van der Waals surface area (Å²) in [4.78, 5) is 9.49. The number of hydrogen-bond donors (Lipinski definition) is 3. The van der Waals surface area contributed by atoms with Crippen LogP contribution >= 0.6 is 0 Å². The van der Waals surface area contributed by atoms with Crippen LogP contribution in [-0.4, -0.2) is 48.8 Å². The fourth-order valence-electron chi connectivity index (χ4n) is 3.69. The number of amidine groups is 2. The molecule has 0 saturated carbocycles. The number of aliphatic imine (C=N–C) groups is 2. The number of fused-ring (bicyclic) bond motifs is 2. The first kappa shape index (κ1) is 23.1. The summed E-state index contributed by atoms with van der Waals surface area (Å²) in [5, 5.41) is 20.6. The van der Waals surface area contributed by atoms with Gasteiger partial charge in [0.2, 0.25) is 0 Å². The average molecular weight is 486 g/mol. The van der Waals surface area contributed by atoms with E-state index in [2.05, 4.69) is 15.5 Å². The monoisotopic (exact) mass is 485 g/mol. The number of aromatic nitrogens is 4. The summed E-state index contributed by atoms with van der Waals surface area (Å²) in [6.45, 7) is 7.69. The Morgan fingerprint density at radius 2 is 1.33 bits per heavy atom. The molecule has 5 heterocycles. The second-order valence-corrected chi connectivity index (χ2v) is 8.76. The molecule has 0 radical (unpaired) electrons. The fourth-order valence-corrected chi connectivity index (χ4v) is 3.69. The smallest absolute Gasteiger partial charge is 0.260 e. The van der Waals surface area contributed by atoms with E-state index < -0.39 is 0 Å². The number of nitrogens with two attached hydrogens (primary N) is 1. The molecule has 4 N–H and O–H groups in total. The van der Waals surface area contributed by atoms with E-state index in [4.69, 9.17) is 30.6 Å².